The van der Waals surface area contributed by atoms with Gasteiger partial charge in [-0.3, -0.25) is 4.79 Å². The van der Waals surface area contributed by atoms with E-state index in [2.05, 4.69) is 15.3 Å². The zero-order chi connectivity index (χ0) is 31.4. The van der Waals surface area contributed by atoms with Crippen molar-refractivity contribution in [3.05, 3.63) is 88.0 Å². The van der Waals surface area contributed by atoms with Gasteiger partial charge >= 0.3 is 6.01 Å². The molecular formula is C32H39ClFN5O4S. The number of Topliss-reactive ketones (excluding diaryl/α,β-unsaturated/α-hetero) is 1. The summed E-state index contributed by atoms with van der Waals surface area (Å²) in [5.41, 5.74) is 9.00. The lowest BCUT2D eigenvalue weighted by molar-refractivity contribution is -0.119. The lowest BCUT2D eigenvalue weighted by Gasteiger charge is -2.37. The summed E-state index contributed by atoms with van der Waals surface area (Å²) in [6.07, 6.45) is 5.19. The molecule has 1 aromatic heterocycles. The maximum Gasteiger partial charge on any atom is 0.316 e. The van der Waals surface area contributed by atoms with Gasteiger partial charge < -0.3 is 15.8 Å². The van der Waals surface area contributed by atoms with Crippen LogP contribution in [0.4, 0.5) is 4.39 Å². The second-order valence-electron chi connectivity index (χ2n) is 11.9. The van der Waals surface area contributed by atoms with E-state index in [1.807, 2.05) is 26.0 Å². The quantitative estimate of drug-likeness (QED) is 0.321. The number of halogens is 2. The molecular weight excluding hydrogens is 605 g/mol. The zero-order valence-corrected chi connectivity index (χ0v) is 26.5. The molecule has 3 N–H and O–H groups in total. The summed E-state index contributed by atoms with van der Waals surface area (Å²) in [5, 5.41) is 4.00. The smallest absolute Gasteiger partial charge is 0.316 e. The Hall–Kier alpha value is -2.96. The number of ether oxygens (including phenoxy) is 1. The number of benzene rings is 2. The minimum absolute atomic E-state index is 0.0826. The lowest BCUT2D eigenvalue weighted by atomic mass is 9.83. The highest BCUT2D eigenvalue weighted by Crippen LogP contribution is 2.30. The van der Waals surface area contributed by atoms with Gasteiger partial charge in [-0.05, 0) is 80.0 Å². The Bertz CT molecular complexity index is 1560. The molecule has 2 saturated heterocycles. The number of carbonyl (C=O) groups is 1. The fourth-order valence-corrected chi connectivity index (χ4v) is 8.07. The highest BCUT2D eigenvalue weighted by atomic mass is 35.5. The fourth-order valence-electron chi connectivity index (χ4n) is 6.13. The van der Waals surface area contributed by atoms with Crippen LogP contribution in [0.15, 0.2) is 54.9 Å². The van der Waals surface area contributed by atoms with Crippen LogP contribution in [0.25, 0.3) is 0 Å². The van der Waals surface area contributed by atoms with E-state index in [1.165, 1.54) is 6.07 Å². The number of aromatic nitrogens is 2. The topological polar surface area (TPSA) is 128 Å². The molecule has 5 rings (SSSR count). The van der Waals surface area contributed by atoms with Crippen LogP contribution in [0, 0.1) is 5.82 Å². The number of carbonyl (C=O) groups excluding carboxylic acids is 1. The summed E-state index contributed by atoms with van der Waals surface area (Å²) in [4.78, 5) is 22.4. The van der Waals surface area contributed by atoms with Crippen molar-refractivity contribution in [1.29, 1.82) is 0 Å². The standard InChI is InChI=1S/C32H39ClFN5O4S/c1-20(2)43-32-37-16-23(17-38-32)30(21-8-10-24(33)11-9-21)31(35)29(40)15-22-5-3-7-28(34)27(22)13-12-26-18-36-25-6-4-14-44(41,42)39(26)19-25/h3,5,7-11,16-17,20,25-26,30-31,36H,4,6,12-15,18-19,35H2,1-2H3/t25-,26+,30+,31-/m1/s1. The van der Waals surface area contributed by atoms with E-state index in [0.717, 1.165) is 12.0 Å². The van der Waals surface area contributed by atoms with Crippen LogP contribution in [0.3, 0.4) is 0 Å². The van der Waals surface area contributed by atoms with E-state index in [0.29, 0.717) is 54.1 Å². The first kappa shape index (κ1) is 32.4. The SMILES string of the molecule is CC(C)Oc1ncc([C@H](c2ccc(Cl)cc2)[C@H](N)C(=O)Cc2cccc(F)c2CC[C@H]2CN[C@@H]3CCCS(=O)(=O)N2C3)cn1. The zero-order valence-electron chi connectivity index (χ0n) is 25.0. The summed E-state index contributed by atoms with van der Waals surface area (Å²) in [7, 11) is -3.37. The van der Waals surface area contributed by atoms with Crippen molar-refractivity contribution in [1.82, 2.24) is 19.6 Å². The van der Waals surface area contributed by atoms with Gasteiger partial charge in [0.1, 0.15) is 5.82 Å². The second kappa shape index (κ2) is 14.0. The first-order valence-corrected chi connectivity index (χ1v) is 17.0. The van der Waals surface area contributed by atoms with Crippen LogP contribution in [0.5, 0.6) is 6.01 Å². The van der Waals surface area contributed by atoms with E-state index >= 15 is 4.39 Å². The molecule has 12 heteroatoms. The Labute approximate surface area is 263 Å². The molecule has 0 saturated carbocycles. The molecule has 9 nitrogen and oxygen atoms in total. The molecule has 2 aliphatic heterocycles. The Morgan fingerprint density at radius 1 is 1.16 bits per heavy atom. The van der Waals surface area contributed by atoms with Crippen molar-refractivity contribution in [2.75, 3.05) is 18.8 Å². The predicted molar refractivity (Wildman–Crippen MR) is 168 cm³/mol. The number of nitrogens with two attached hydrogens (primary N) is 1. The van der Waals surface area contributed by atoms with Crippen molar-refractivity contribution in [3.63, 3.8) is 0 Å². The number of nitrogens with one attached hydrogen (secondary N) is 1. The van der Waals surface area contributed by atoms with Crippen LogP contribution in [0.2, 0.25) is 5.02 Å². The molecule has 0 spiro atoms. The number of ketones is 1. The van der Waals surface area contributed by atoms with Crippen molar-refractivity contribution in [2.45, 2.75) is 76.1 Å². The Kier molecular flexibility index (Phi) is 10.3. The molecule has 44 heavy (non-hydrogen) atoms. The van der Waals surface area contributed by atoms with Crippen LogP contribution in [-0.2, 0) is 27.7 Å². The van der Waals surface area contributed by atoms with Crippen molar-refractivity contribution in [2.24, 2.45) is 5.73 Å². The van der Waals surface area contributed by atoms with Gasteiger partial charge in [0.25, 0.3) is 0 Å². The Morgan fingerprint density at radius 3 is 2.59 bits per heavy atom. The number of nitrogens with zero attached hydrogens (tertiary/aromatic N) is 3. The third-order valence-corrected chi connectivity index (χ3v) is 10.6. The van der Waals surface area contributed by atoms with Gasteiger partial charge in [0.05, 0.1) is 17.9 Å². The minimum Gasteiger partial charge on any atom is -0.461 e. The molecule has 0 amide bonds. The fraction of sp³-hybridized carbons (Fsp3) is 0.469. The summed E-state index contributed by atoms with van der Waals surface area (Å²) >= 11 is 6.14. The number of sulfonamides is 1. The molecule has 2 aliphatic rings. The van der Waals surface area contributed by atoms with E-state index in [9.17, 15) is 13.2 Å². The monoisotopic (exact) mass is 643 g/mol. The van der Waals surface area contributed by atoms with Gasteiger partial charge in [0, 0.05) is 54.9 Å². The van der Waals surface area contributed by atoms with Gasteiger partial charge in [-0.1, -0.05) is 35.9 Å². The number of fused-ring (bicyclic) bond motifs is 2. The van der Waals surface area contributed by atoms with Gasteiger partial charge in [-0.15, -0.1) is 0 Å². The molecule has 3 aromatic rings. The molecule has 2 fully saturated rings. The van der Waals surface area contributed by atoms with E-state index < -0.39 is 27.8 Å². The minimum atomic E-state index is -3.37. The largest absolute Gasteiger partial charge is 0.461 e. The van der Waals surface area contributed by atoms with Crippen molar-refractivity contribution < 1.29 is 22.3 Å². The second-order valence-corrected chi connectivity index (χ2v) is 14.3. The highest BCUT2D eigenvalue weighted by molar-refractivity contribution is 7.89. The van der Waals surface area contributed by atoms with E-state index in [4.69, 9.17) is 22.1 Å². The average Bonchev–Trinajstić information content (AvgIpc) is 3.10. The maximum absolute atomic E-state index is 15.2. The molecule has 2 aromatic carbocycles. The van der Waals surface area contributed by atoms with Crippen molar-refractivity contribution >= 4 is 27.4 Å². The molecule has 5 atom stereocenters. The summed E-state index contributed by atoms with van der Waals surface area (Å²) in [5.74, 6) is -1.16. The first-order valence-electron chi connectivity index (χ1n) is 15.0. The van der Waals surface area contributed by atoms with Crippen LogP contribution in [-0.4, -0.2) is 71.5 Å². The number of hydrogen-bond acceptors (Lipinski definition) is 8. The molecule has 1 unspecified atom stereocenters. The number of rotatable bonds is 11. The summed E-state index contributed by atoms with van der Waals surface area (Å²) in [6.45, 7) is 4.70. The highest BCUT2D eigenvalue weighted by Gasteiger charge is 2.38. The third-order valence-electron chi connectivity index (χ3n) is 8.38. The van der Waals surface area contributed by atoms with Gasteiger partial charge in [0.2, 0.25) is 10.0 Å². The summed E-state index contributed by atoms with van der Waals surface area (Å²) in [6, 6.07) is 10.9. The summed E-state index contributed by atoms with van der Waals surface area (Å²) < 4.78 is 48.2. The molecule has 0 radical (unpaired) electrons. The van der Waals surface area contributed by atoms with Crippen LogP contribution < -0.4 is 15.8 Å². The van der Waals surface area contributed by atoms with E-state index in [1.54, 1.807) is 41.0 Å². The first-order chi connectivity index (χ1) is 21.0. The van der Waals surface area contributed by atoms with Crippen molar-refractivity contribution in [3.8, 4) is 6.01 Å². The lowest BCUT2D eigenvalue weighted by Crippen LogP contribution is -2.57. The normalized spacial score (nSPS) is 22.6. The van der Waals surface area contributed by atoms with Gasteiger partial charge in [-0.25, -0.2) is 22.8 Å². The number of piperazine rings is 1. The maximum atomic E-state index is 15.2. The molecule has 0 aliphatic carbocycles. The van der Waals surface area contributed by atoms with Crippen LogP contribution in [0.1, 0.15) is 61.3 Å². The Morgan fingerprint density at radius 2 is 1.89 bits per heavy atom. The number of hydrogen-bond donors (Lipinski definition) is 2. The average molecular weight is 644 g/mol. The third kappa shape index (κ3) is 7.63. The molecule has 3 heterocycles. The van der Waals surface area contributed by atoms with E-state index in [-0.39, 0.29) is 42.2 Å². The molecule has 2 bridgehead atoms. The predicted octanol–water partition coefficient (Wildman–Crippen LogP) is 4.03. The van der Waals surface area contributed by atoms with Crippen LogP contribution >= 0.6 is 11.6 Å². The van der Waals surface area contributed by atoms with Gasteiger partial charge in [-0.2, -0.15) is 4.31 Å². The Balaban J connectivity index is 1.36. The molecule has 236 valence electrons. The van der Waals surface area contributed by atoms with Gasteiger partial charge in [0.15, 0.2) is 5.78 Å².